The van der Waals surface area contributed by atoms with Gasteiger partial charge in [0.2, 0.25) is 10.0 Å². The van der Waals surface area contributed by atoms with Crippen LogP contribution in [0.5, 0.6) is 0 Å². The maximum absolute atomic E-state index is 12.7. The van der Waals surface area contributed by atoms with Crippen molar-refractivity contribution >= 4 is 54.8 Å². The maximum atomic E-state index is 12.7. The molecule has 0 heterocycles. The van der Waals surface area contributed by atoms with Crippen LogP contribution in [0.15, 0.2) is 27.6 Å². The molecule has 0 aliphatic heterocycles. The lowest BCUT2D eigenvalue weighted by Crippen LogP contribution is -2.35. The molecule has 1 aromatic rings. The van der Waals surface area contributed by atoms with E-state index >= 15 is 0 Å². The molecule has 110 valence electrons. The SMILES string of the molecule is NC(=S)CCN(C1CC1)S(=O)(=O)c1ccc(Cl)c(Br)c1. The Morgan fingerprint density at radius 1 is 1.50 bits per heavy atom. The van der Waals surface area contributed by atoms with Crippen LogP contribution in [0.4, 0.5) is 0 Å². The van der Waals surface area contributed by atoms with Crippen LogP contribution in [0.1, 0.15) is 19.3 Å². The van der Waals surface area contributed by atoms with Gasteiger partial charge < -0.3 is 5.73 Å². The topological polar surface area (TPSA) is 63.4 Å². The fraction of sp³-hybridized carbons (Fsp3) is 0.417. The molecule has 1 fully saturated rings. The second kappa shape index (κ2) is 6.27. The molecular formula is C12H14BrClN2O2S2. The molecule has 0 atom stereocenters. The number of nitrogens with two attached hydrogens (primary N) is 1. The first-order valence-electron chi connectivity index (χ1n) is 6.07. The van der Waals surface area contributed by atoms with E-state index in [1.807, 2.05) is 0 Å². The first-order valence-corrected chi connectivity index (χ1v) is 9.09. The summed E-state index contributed by atoms with van der Waals surface area (Å²) in [4.78, 5) is 0.548. The first kappa shape index (κ1) is 16.2. The molecule has 2 N–H and O–H groups in total. The van der Waals surface area contributed by atoms with Crippen LogP contribution >= 0.6 is 39.7 Å². The lowest BCUT2D eigenvalue weighted by molar-refractivity contribution is 0.413. The summed E-state index contributed by atoms with van der Waals surface area (Å²) in [5.74, 6) is 0. The van der Waals surface area contributed by atoms with Crippen molar-refractivity contribution in [2.75, 3.05) is 6.54 Å². The lowest BCUT2D eigenvalue weighted by atomic mass is 10.4. The first-order chi connectivity index (χ1) is 9.32. The van der Waals surface area contributed by atoms with Gasteiger partial charge in [0.25, 0.3) is 0 Å². The van der Waals surface area contributed by atoms with Crippen molar-refractivity contribution in [2.45, 2.75) is 30.2 Å². The molecule has 0 bridgehead atoms. The van der Waals surface area contributed by atoms with Crippen LogP contribution in [0.2, 0.25) is 5.02 Å². The molecule has 0 spiro atoms. The number of hydrogen-bond donors (Lipinski definition) is 1. The third-order valence-corrected chi connectivity index (χ3v) is 6.40. The number of sulfonamides is 1. The van der Waals surface area contributed by atoms with Gasteiger partial charge in [0.1, 0.15) is 0 Å². The summed E-state index contributed by atoms with van der Waals surface area (Å²) in [5.41, 5.74) is 5.47. The Bertz CT molecular complexity index is 632. The van der Waals surface area contributed by atoms with Crippen LogP contribution < -0.4 is 5.73 Å². The minimum Gasteiger partial charge on any atom is -0.393 e. The summed E-state index contributed by atoms with van der Waals surface area (Å²) < 4.78 is 27.4. The average Bonchev–Trinajstić information content (AvgIpc) is 3.16. The fourth-order valence-electron chi connectivity index (χ4n) is 1.85. The second-order valence-corrected chi connectivity index (χ2v) is 8.32. The van der Waals surface area contributed by atoms with Crippen molar-refractivity contribution in [3.8, 4) is 0 Å². The van der Waals surface area contributed by atoms with E-state index < -0.39 is 10.0 Å². The highest BCUT2D eigenvalue weighted by atomic mass is 79.9. The summed E-state index contributed by atoms with van der Waals surface area (Å²) >= 11 is 14.0. The third kappa shape index (κ3) is 3.71. The smallest absolute Gasteiger partial charge is 0.243 e. The molecule has 0 unspecified atom stereocenters. The normalized spacial score (nSPS) is 15.6. The molecule has 1 aliphatic carbocycles. The number of halogens is 2. The largest absolute Gasteiger partial charge is 0.393 e. The van der Waals surface area contributed by atoms with Gasteiger partial charge in [-0.3, -0.25) is 0 Å². The Kier molecular flexibility index (Phi) is 5.07. The molecule has 0 radical (unpaired) electrons. The third-order valence-electron chi connectivity index (χ3n) is 3.03. The molecule has 1 saturated carbocycles. The molecule has 20 heavy (non-hydrogen) atoms. The van der Waals surface area contributed by atoms with E-state index in [4.69, 9.17) is 29.6 Å². The molecule has 8 heteroatoms. The molecule has 1 aromatic carbocycles. The van der Waals surface area contributed by atoms with Crippen LogP contribution in [-0.4, -0.2) is 30.3 Å². The number of rotatable bonds is 6. The van der Waals surface area contributed by atoms with Crippen molar-refractivity contribution in [3.05, 3.63) is 27.7 Å². The summed E-state index contributed by atoms with van der Waals surface area (Å²) in [6.45, 7) is 0.322. The van der Waals surface area contributed by atoms with Crippen LogP contribution in [0.25, 0.3) is 0 Å². The van der Waals surface area contributed by atoms with E-state index in [0.717, 1.165) is 12.8 Å². The zero-order valence-corrected chi connectivity index (χ0v) is 14.5. The molecule has 4 nitrogen and oxygen atoms in total. The zero-order valence-electron chi connectivity index (χ0n) is 10.6. The zero-order chi connectivity index (χ0) is 14.9. The van der Waals surface area contributed by atoms with Crippen LogP contribution in [0.3, 0.4) is 0 Å². The van der Waals surface area contributed by atoms with Gasteiger partial charge in [-0.05, 0) is 47.0 Å². The number of nitrogens with zero attached hydrogens (tertiary/aromatic N) is 1. The second-order valence-electron chi connectivity index (χ2n) is 4.64. The van der Waals surface area contributed by atoms with Gasteiger partial charge >= 0.3 is 0 Å². The number of thiocarbonyl (C=S) groups is 1. The van der Waals surface area contributed by atoms with Crippen molar-refractivity contribution < 1.29 is 8.42 Å². The van der Waals surface area contributed by atoms with Crippen molar-refractivity contribution in [1.29, 1.82) is 0 Å². The molecular weight excluding hydrogens is 384 g/mol. The Balaban J connectivity index is 2.29. The Hall–Kier alpha value is -0.210. The number of hydrogen-bond acceptors (Lipinski definition) is 3. The predicted octanol–water partition coefficient (Wildman–Crippen LogP) is 2.93. The standard InChI is InChI=1S/C12H14BrClN2O2S2/c13-10-7-9(3-4-11(10)14)20(17,18)16(8-1-2-8)6-5-12(15)19/h3-4,7-8H,1-2,5-6H2,(H2,15,19). The molecule has 0 aromatic heterocycles. The number of benzene rings is 1. The molecule has 0 saturated heterocycles. The van der Waals surface area contributed by atoms with Gasteiger partial charge in [-0.25, -0.2) is 8.42 Å². The lowest BCUT2D eigenvalue weighted by Gasteiger charge is -2.21. The highest BCUT2D eigenvalue weighted by Crippen LogP contribution is 2.34. The van der Waals surface area contributed by atoms with Gasteiger partial charge in [-0.2, -0.15) is 4.31 Å². The molecule has 0 amide bonds. The summed E-state index contributed by atoms with van der Waals surface area (Å²) in [5, 5.41) is 0.477. The van der Waals surface area contributed by atoms with Gasteiger partial charge in [0.05, 0.1) is 14.9 Å². The van der Waals surface area contributed by atoms with Crippen LogP contribution in [0, 0.1) is 0 Å². The highest BCUT2D eigenvalue weighted by Gasteiger charge is 2.37. The van der Waals surface area contributed by atoms with E-state index in [2.05, 4.69) is 15.9 Å². The van der Waals surface area contributed by atoms with Gasteiger partial charge in [-0.15, -0.1) is 0 Å². The van der Waals surface area contributed by atoms with E-state index in [1.54, 1.807) is 6.07 Å². The summed E-state index contributed by atoms with van der Waals surface area (Å²) in [6, 6.07) is 4.66. The van der Waals surface area contributed by atoms with Gasteiger partial charge in [0.15, 0.2) is 0 Å². The van der Waals surface area contributed by atoms with Crippen molar-refractivity contribution in [3.63, 3.8) is 0 Å². The Morgan fingerprint density at radius 3 is 2.65 bits per heavy atom. The van der Waals surface area contributed by atoms with Crippen LogP contribution in [-0.2, 0) is 10.0 Å². The monoisotopic (exact) mass is 396 g/mol. The minimum atomic E-state index is -3.54. The van der Waals surface area contributed by atoms with E-state index in [9.17, 15) is 8.42 Å². The predicted molar refractivity (Wildman–Crippen MR) is 87.5 cm³/mol. The van der Waals surface area contributed by atoms with Gasteiger partial charge in [-0.1, -0.05) is 23.8 Å². The summed E-state index contributed by atoms with van der Waals surface area (Å²) in [6.07, 6.45) is 2.15. The van der Waals surface area contributed by atoms with E-state index in [-0.39, 0.29) is 10.9 Å². The molecule has 2 rings (SSSR count). The van der Waals surface area contributed by atoms with Crippen molar-refractivity contribution in [2.24, 2.45) is 5.73 Å². The van der Waals surface area contributed by atoms with E-state index in [1.165, 1.54) is 16.4 Å². The van der Waals surface area contributed by atoms with Gasteiger partial charge in [0, 0.05) is 23.5 Å². The Labute approximate surface area is 137 Å². The van der Waals surface area contributed by atoms with E-state index in [0.29, 0.717) is 27.4 Å². The summed E-state index contributed by atoms with van der Waals surface area (Å²) in [7, 11) is -3.54. The minimum absolute atomic E-state index is 0.0591. The van der Waals surface area contributed by atoms with Crippen molar-refractivity contribution in [1.82, 2.24) is 4.31 Å². The molecule has 1 aliphatic rings. The highest BCUT2D eigenvalue weighted by molar-refractivity contribution is 9.10. The Morgan fingerprint density at radius 2 is 2.15 bits per heavy atom. The fourth-order valence-corrected chi connectivity index (χ4v) is 4.31. The quantitative estimate of drug-likeness (QED) is 0.750. The maximum Gasteiger partial charge on any atom is 0.243 e. The average molecular weight is 398 g/mol.